The highest BCUT2D eigenvalue weighted by atomic mass is 16.3. The lowest BCUT2D eigenvalue weighted by Gasteiger charge is -2.26. The van der Waals surface area contributed by atoms with Gasteiger partial charge in [0.15, 0.2) is 6.39 Å². The number of nitrogens with zero attached hydrogens (tertiary/aromatic N) is 4. The van der Waals surface area contributed by atoms with Crippen molar-refractivity contribution in [3.8, 4) is 0 Å². The first-order valence-corrected chi connectivity index (χ1v) is 8.72. The lowest BCUT2D eigenvalue weighted by molar-refractivity contribution is -0.127. The van der Waals surface area contributed by atoms with Crippen LogP contribution in [0.1, 0.15) is 60.6 Å². The standard InChI is InChI=1S/C18H27N5O2/c1-10(2)18-14(20-9-25-18)8-19-13-7-15(24)22(5)17(13)16-11(3)21-23(6)12(16)4/h9-10,13,17,19H,7-8H2,1-6H3/t13-,17-/m1/s1. The molecule has 2 aromatic heterocycles. The van der Waals surface area contributed by atoms with Gasteiger partial charge in [-0.2, -0.15) is 5.10 Å². The fraction of sp³-hybridized carbons (Fsp3) is 0.611. The second-order valence-electron chi connectivity index (χ2n) is 7.17. The Labute approximate surface area is 148 Å². The van der Waals surface area contributed by atoms with Crippen LogP contribution < -0.4 is 5.32 Å². The normalized spacial score (nSPS) is 20.9. The Kier molecular flexibility index (Phi) is 4.69. The van der Waals surface area contributed by atoms with E-state index in [0.29, 0.717) is 13.0 Å². The molecule has 1 saturated heterocycles. The third-order valence-corrected chi connectivity index (χ3v) is 5.18. The van der Waals surface area contributed by atoms with E-state index in [1.165, 1.54) is 6.39 Å². The van der Waals surface area contributed by atoms with Crippen LogP contribution in [0.5, 0.6) is 0 Å². The molecule has 25 heavy (non-hydrogen) atoms. The van der Waals surface area contributed by atoms with Crippen LogP contribution in [0.4, 0.5) is 0 Å². The summed E-state index contributed by atoms with van der Waals surface area (Å²) in [4.78, 5) is 18.5. The molecule has 7 heteroatoms. The summed E-state index contributed by atoms with van der Waals surface area (Å²) in [7, 11) is 3.81. The molecule has 1 aliphatic heterocycles. The first-order chi connectivity index (χ1) is 11.8. The van der Waals surface area contributed by atoms with Crippen LogP contribution in [0.2, 0.25) is 0 Å². The van der Waals surface area contributed by atoms with E-state index in [2.05, 4.69) is 36.2 Å². The van der Waals surface area contributed by atoms with Crippen molar-refractivity contribution in [3.63, 3.8) is 0 Å². The average molecular weight is 345 g/mol. The van der Waals surface area contributed by atoms with Crippen LogP contribution >= 0.6 is 0 Å². The summed E-state index contributed by atoms with van der Waals surface area (Å²) in [5, 5.41) is 8.05. The molecule has 0 bridgehead atoms. The van der Waals surface area contributed by atoms with Gasteiger partial charge in [0, 0.05) is 50.3 Å². The van der Waals surface area contributed by atoms with Gasteiger partial charge in [0.05, 0.1) is 17.4 Å². The van der Waals surface area contributed by atoms with Crippen LogP contribution in [0, 0.1) is 13.8 Å². The van der Waals surface area contributed by atoms with Crippen molar-refractivity contribution in [1.82, 2.24) is 25.0 Å². The lowest BCUT2D eigenvalue weighted by Crippen LogP contribution is -2.35. The summed E-state index contributed by atoms with van der Waals surface area (Å²) < 4.78 is 7.38. The number of carbonyl (C=O) groups is 1. The summed E-state index contributed by atoms with van der Waals surface area (Å²) in [5.74, 6) is 1.33. The quantitative estimate of drug-likeness (QED) is 0.899. The minimum absolute atomic E-state index is 0.0180. The first kappa shape index (κ1) is 17.7. The lowest BCUT2D eigenvalue weighted by atomic mass is 9.98. The molecule has 0 aliphatic carbocycles. The Balaban J connectivity index is 1.84. The van der Waals surface area contributed by atoms with Gasteiger partial charge in [-0.05, 0) is 13.8 Å². The molecule has 2 atom stereocenters. The Morgan fingerprint density at radius 2 is 2.08 bits per heavy atom. The zero-order valence-corrected chi connectivity index (χ0v) is 15.8. The number of likely N-dealkylation sites (tertiary alicyclic amines) is 1. The molecule has 1 aliphatic rings. The zero-order chi connectivity index (χ0) is 18.3. The highest BCUT2D eigenvalue weighted by molar-refractivity contribution is 5.80. The molecule has 1 fully saturated rings. The fourth-order valence-electron chi connectivity index (χ4n) is 3.77. The third kappa shape index (κ3) is 3.08. The molecule has 3 rings (SSSR count). The van der Waals surface area contributed by atoms with Gasteiger partial charge in [-0.25, -0.2) is 4.98 Å². The predicted molar refractivity (Wildman–Crippen MR) is 94.0 cm³/mol. The second kappa shape index (κ2) is 6.63. The maximum Gasteiger partial charge on any atom is 0.224 e. The van der Waals surface area contributed by atoms with Crippen LogP contribution in [-0.2, 0) is 18.4 Å². The first-order valence-electron chi connectivity index (χ1n) is 8.72. The average Bonchev–Trinajstić information content (AvgIpc) is 3.19. The fourth-order valence-corrected chi connectivity index (χ4v) is 3.77. The minimum atomic E-state index is -0.0180. The molecular formula is C18H27N5O2. The monoisotopic (exact) mass is 345 g/mol. The van der Waals surface area contributed by atoms with Crippen LogP contribution in [0.3, 0.4) is 0 Å². The van der Waals surface area contributed by atoms with Gasteiger partial charge in [0.25, 0.3) is 0 Å². The maximum absolute atomic E-state index is 12.4. The molecule has 0 spiro atoms. The summed E-state index contributed by atoms with van der Waals surface area (Å²) in [5.41, 5.74) is 4.12. The van der Waals surface area contributed by atoms with Gasteiger partial charge >= 0.3 is 0 Å². The molecule has 136 valence electrons. The van der Waals surface area contributed by atoms with E-state index in [0.717, 1.165) is 28.4 Å². The number of rotatable bonds is 5. The van der Waals surface area contributed by atoms with Crippen molar-refractivity contribution in [1.29, 1.82) is 0 Å². The molecule has 1 amide bonds. The van der Waals surface area contributed by atoms with Gasteiger partial charge in [-0.15, -0.1) is 0 Å². The molecule has 0 radical (unpaired) electrons. The number of hydrogen-bond acceptors (Lipinski definition) is 5. The highest BCUT2D eigenvalue weighted by Gasteiger charge is 2.40. The molecule has 0 saturated carbocycles. The Morgan fingerprint density at radius 3 is 2.68 bits per heavy atom. The number of oxazole rings is 1. The summed E-state index contributed by atoms with van der Waals surface area (Å²) in [6, 6.07) is 0.00594. The van der Waals surface area contributed by atoms with Crippen molar-refractivity contribution >= 4 is 5.91 Å². The van der Waals surface area contributed by atoms with E-state index in [4.69, 9.17) is 4.42 Å². The van der Waals surface area contributed by atoms with E-state index < -0.39 is 0 Å². The molecular weight excluding hydrogens is 318 g/mol. The van der Waals surface area contributed by atoms with E-state index in [9.17, 15) is 4.79 Å². The van der Waals surface area contributed by atoms with Gasteiger partial charge in [-0.1, -0.05) is 13.8 Å². The van der Waals surface area contributed by atoms with E-state index in [1.54, 1.807) is 0 Å². The zero-order valence-electron chi connectivity index (χ0n) is 15.8. The number of amides is 1. The molecule has 2 aromatic rings. The number of carbonyl (C=O) groups excluding carboxylic acids is 1. The number of aryl methyl sites for hydroxylation is 2. The number of hydrogen-bond donors (Lipinski definition) is 1. The number of aromatic nitrogens is 3. The third-order valence-electron chi connectivity index (χ3n) is 5.18. The molecule has 3 heterocycles. The largest absolute Gasteiger partial charge is 0.448 e. The number of likely N-dealkylation sites (N-methyl/N-ethyl adjacent to an activating group) is 1. The van der Waals surface area contributed by atoms with Crippen molar-refractivity contribution in [2.75, 3.05) is 7.05 Å². The Morgan fingerprint density at radius 1 is 1.36 bits per heavy atom. The number of nitrogens with one attached hydrogen (secondary N) is 1. The van der Waals surface area contributed by atoms with Crippen LogP contribution in [0.15, 0.2) is 10.8 Å². The van der Waals surface area contributed by atoms with E-state index in [-0.39, 0.29) is 23.9 Å². The van der Waals surface area contributed by atoms with Crippen molar-refractivity contribution < 1.29 is 9.21 Å². The molecule has 1 N–H and O–H groups in total. The smallest absolute Gasteiger partial charge is 0.224 e. The second-order valence-corrected chi connectivity index (χ2v) is 7.17. The summed E-state index contributed by atoms with van der Waals surface area (Å²) in [6.45, 7) is 8.82. The maximum atomic E-state index is 12.4. The highest BCUT2D eigenvalue weighted by Crippen LogP contribution is 2.35. The molecule has 0 aromatic carbocycles. The summed E-state index contributed by atoms with van der Waals surface area (Å²) >= 11 is 0. The SMILES string of the molecule is Cc1nn(C)c(C)c1[C@H]1[C@H](NCc2ncoc2C(C)C)CC(=O)N1C. The van der Waals surface area contributed by atoms with Gasteiger partial charge in [0.1, 0.15) is 5.76 Å². The molecule has 7 nitrogen and oxygen atoms in total. The van der Waals surface area contributed by atoms with Crippen LogP contribution in [-0.4, -0.2) is 38.7 Å². The Hall–Kier alpha value is -2.15. The van der Waals surface area contributed by atoms with Gasteiger partial charge in [0.2, 0.25) is 5.91 Å². The van der Waals surface area contributed by atoms with Crippen molar-refractivity contribution in [2.24, 2.45) is 7.05 Å². The van der Waals surface area contributed by atoms with Crippen LogP contribution in [0.25, 0.3) is 0 Å². The van der Waals surface area contributed by atoms with E-state index >= 15 is 0 Å². The van der Waals surface area contributed by atoms with Crippen molar-refractivity contribution in [2.45, 2.75) is 58.7 Å². The topological polar surface area (TPSA) is 76.2 Å². The summed E-state index contributed by atoms with van der Waals surface area (Å²) in [6.07, 6.45) is 1.97. The van der Waals surface area contributed by atoms with Gasteiger partial charge < -0.3 is 14.6 Å². The van der Waals surface area contributed by atoms with E-state index in [1.807, 2.05) is 30.6 Å². The van der Waals surface area contributed by atoms with Gasteiger partial charge in [-0.3, -0.25) is 9.48 Å². The van der Waals surface area contributed by atoms with Crippen molar-refractivity contribution in [3.05, 3.63) is 34.8 Å². The minimum Gasteiger partial charge on any atom is -0.448 e. The molecule has 0 unspecified atom stereocenters. The predicted octanol–water partition coefficient (Wildman–Crippen LogP) is 2.21. The Bertz CT molecular complexity index is 777.